The van der Waals surface area contributed by atoms with E-state index < -0.39 is 29.1 Å². The molecule has 5 nitrogen and oxygen atoms in total. The third-order valence-corrected chi connectivity index (χ3v) is 3.83. The Bertz CT molecular complexity index is 340. The molecular weight excluding hydrogens is 198 g/mol. The van der Waals surface area contributed by atoms with Crippen molar-refractivity contribution in [3.8, 4) is 0 Å². The number of rotatable bonds is 2. The van der Waals surface area contributed by atoms with Gasteiger partial charge in [-0.1, -0.05) is 6.92 Å². The van der Waals surface area contributed by atoms with Crippen molar-refractivity contribution in [3.63, 3.8) is 0 Å². The molecule has 2 unspecified atom stereocenters. The van der Waals surface area contributed by atoms with E-state index in [0.717, 1.165) is 0 Å². The Labute approximate surface area is 87.8 Å². The molecule has 2 saturated heterocycles. The van der Waals surface area contributed by atoms with Gasteiger partial charge in [-0.3, -0.25) is 4.79 Å². The van der Waals surface area contributed by atoms with Crippen LogP contribution in [0.4, 0.5) is 0 Å². The summed E-state index contributed by atoms with van der Waals surface area (Å²) >= 11 is 0. The van der Waals surface area contributed by atoms with Crippen LogP contribution in [0.25, 0.3) is 0 Å². The molecule has 0 aromatic carbocycles. The number of nitrogens with one attached hydrogen (secondary N) is 1. The van der Waals surface area contributed by atoms with E-state index in [0.29, 0.717) is 6.42 Å². The maximum Gasteiger partial charge on any atom is 0.339 e. The topological polar surface area (TPSA) is 75.6 Å². The molecule has 0 aromatic rings. The number of amides is 1. The van der Waals surface area contributed by atoms with Gasteiger partial charge in [-0.15, -0.1) is 0 Å². The third-order valence-electron chi connectivity index (χ3n) is 3.83. The monoisotopic (exact) mass is 213 g/mol. The zero-order valence-electron chi connectivity index (χ0n) is 9.03. The second-order valence-corrected chi connectivity index (χ2v) is 4.33. The zero-order valence-corrected chi connectivity index (χ0v) is 9.03. The predicted octanol–water partition coefficient (Wildman–Crippen LogP) is -0.423. The highest BCUT2D eigenvalue weighted by Gasteiger charge is 2.78. The van der Waals surface area contributed by atoms with Gasteiger partial charge in [0.2, 0.25) is 11.4 Å². The molecule has 0 aliphatic carbocycles. The van der Waals surface area contributed by atoms with Gasteiger partial charge in [0.05, 0.1) is 12.0 Å². The van der Waals surface area contributed by atoms with E-state index in [2.05, 4.69) is 5.32 Å². The lowest BCUT2D eigenvalue weighted by atomic mass is 9.67. The van der Waals surface area contributed by atoms with E-state index in [1.54, 1.807) is 6.92 Å². The van der Waals surface area contributed by atoms with Crippen LogP contribution in [-0.4, -0.2) is 34.2 Å². The molecule has 2 aliphatic rings. The Morgan fingerprint density at radius 2 is 2.20 bits per heavy atom. The second-order valence-electron chi connectivity index (χ2n) is 4.33. The van der Waals surface area contributed by atoms with Crippen molar-refractivity contribution in [3.05, 3.63) is 0 Å². The fraction of sp³-hybridized carbons (Fsp3) is 0.800. The summed E-state index contributed by atoms with van der Waals surface area (Å²) in [7, 11) is 0. The molecule has 0 saturated carbocycles. The number of aliphatic hydroxyl groups is 1. The van der Waals surface area contributed by atoms with Gasteiger partial charge in [0.15, 0.2) is 5.60 Å². The largest absolute Gasteiger partial charge is 0.453 e. The highest BCUT2D eigenvalue weighted by atomic mass is 16.6. The number of esters is 1. The molecule has 2 aliphatic heterocycles. The van der Waals surface area contributed by atoms with Crippen molar-refractivity contribution < 1.29 is 19.4 Å². The lowest BCUT2D eigenvalue weighted by Gasteiger charge is -2.53. The van der Waals surface area contributed by atoms with Gasteiger partial charge in [-0.05, 0) is 20.3 Å². The van der Waals surface area contributed by atoms with Crippen LogP contribution >= 0.6 is 0 Å². The highest BCUT2D eigenvalue weighted by Crippen LogP contribution is 2.52. The van der Waals surface area contributed by atoms with Crippen molar-refractivity contribution in [2.24, 2.45) is 5.92 Å². The first-order valence-corrected chi connectivity index (χ1v) is 5.16. The van der Waals surface area contributed by atoms with E-state index in [-0.39, 0.29) is 5.91 Å². The van der Waals surface area contributed by atoms with Gasteiger partial charge in [-0.25, -0.2) is 4.79 Å². The summed E-state index contributed by atoms with van der Waals surface area (Å²) in [6.45, 7) is 5.07. The standard InChI is InChI=1S/C10H15NO4/c1-4-9-5(2)7(13)11-10(9,6(3)12)8(14)15-9/h5-6,12H,4H2,1-3H3,(H,11,13)/t5-,6?,9+,10?/m0/s1. The number of ether oxygens (including phenoxy) is 1. The minimum Gasteiger partial charge on any atom is -0.453 e. The molecule has 0 spiro atoms. The molecule has 2 fully saturated rings. The minimum absolute atomic E-state index is 0.233. The van der Waals surface area contributed by atoms with Crippen molar-refractivity contribution in [2.45, 2.75) is 44.4 Å². The summed E-state index contributed by atoms with van der Waals surface area (Å²) in [5, 5.41) is 12.3. The maximum absolute atomic E-state index is 11.6. The first-order chi connectivity index (χ1) is 6.92. The Kier molecular flexibility index (Phi) is 1.89. The van der Waals surface area contributed by atoms with Crippen molar-refractivity contribution in [1.82, 2.24) is 5.32 Å². The van der Waals surface area contributed by atoms with Crippen molar-refractivity contribution in [1.29, 1.82) is 0 Å². The number of hydrogen-bond donors (Lipinski definition) is 2. The molecule has 0 bridgehead atoms. The van der Waals surface area contributed by atoms with E-state index in [4.69, 9.17) is 4.74 Å². The number of fused-ring (bicyclic) bond motifs is 1. The first-order valence-electron chi connectivity index (χ1n) is 5.16. The SMILES string of the molecule is CC[C@]12OC(=O)C1(C(C)O)NC(=O)[C@@H]2C. The number of carbonyl (C=O) groups is 2. The average molecular weight is 213 g/mol. The van der Waals surface area contributed by atoms with Crippen LogP contribution in [0.3, 0.4) is 0 Å². The molecule has 2 rings (SSSR count). The Hall–Kier alpha value is -1.10. The van der Waals surface area contributed by atoms with Gasteiger partial charge < -0.3 is 15.2 Å². The van der Waals surface area contributed by atoms with Crippen LogP contribution in [-0.2, 0) is 14.3 Å². The van der Waals surface area contributed by atoms with Gasteiger partial charge in [0, 0.05) is 0 Å². The van der Waals surface area contributed by atoms with Gasteiger partial charge in [-0.2, -0.15) is 0 Å². The third kappa shape index (κ3) is 0.833. The number of hydrogen-bond acceptors (Lipinski definition) is 4. The highest BCUT2D eigenvalue weighted by molar-refractivity contribution is 6.01. The molecule has 5 heteroatoms. The van der Waals surface area contributed by atoms with Crippen LogP contribution in [0.1, 0.15) is 27.2 Å². The molecule has 4 atom stereocenters. The first kappa shape index (κ1) is 10.4. The summed E-state index contributed by atoms with van der Waals surface area (Å²) in [5.74, 6) is -1.17. The molecule has 2 heterocycles. The summed E-state index contributed by atoms with van der Waals surface area (Å²) in [5.41, 5.74) is -2.09. The summed E-state index contributed by atoms with van der Waals surface area (Å²) < 4.78 is 5.16. The molecule has 2 N–H and O–H groups in total. The predicted molar refractivity (Wildman–Crippen MR) is 50.8 cm³/mol. The van der Waals surface area contributed by atoms with Crippen LogP contribution in [0.15, 0.2) is 0 Å². The molecule has 84 valence electrons. The van der Waals surface area contributed by atoms with Crippen molar-refractivity contribution in [2.75, 3.05) is 0 Å². The van der Waals surface area contributed by atoms with Gasteiger partial charge in [0.25, 0.3) is 0 Å². The van der Waals surface area contributed by atoms with Gasteiger partial charge in [0.1, 0.15) is 0 Å². The molecular formula is C10H15NO4. The lowest BCUT2D eigenvalue weighted by molar-refractivity contribution is -0.238. The Morgan fingerprint density at radius 1 is 1.60 bits per heavy atom. The molecule has 15 heavy (non-hydrogen) atoms. The normalized spacial score (nSPS) is 45.2. The molecule has 0 aromatic heterocycles. The van der Waals surface area contributed by atoms with Crippen molar-refractivity contribution >= 4 is 11.9 Å². The summed E-state index contributed by atoms with van der Waals surface area (Å²) in [6.07, 6.45) is -0.420. The molecule has 1 amide bonds. The van der Waals surface area contributed by atoms with Gasteiger partial charge >= 0.3 is 5.97 Å². The molecule has 0 radical (unpaired) electrons. The Balaban J connectivity index is 2.51. The van der Waals surface area contributed by atoms with Crippen LogP contribution in [0.2, 0.25) is 0 Å². The number of aliphatic hydroxyl groups excluding tert-OH is 1. The van der Waals surface area contributed by atoms with E-state index in [9.17, 15) is 14.7 Å². The number of carbonyl (C=O) groups excluding carboxylic acids is 2. The fourth-order valence-corrected chi connectivity index (χ4v) is 2.84. The maximum atomic E-state index is 11.6. The summed E-state index contributed by atoms with van der Waals surface area (Å²) in [6, 6.07) is 0. The quantitative estimate of drug-likeness (QED) is 0.611. The Morgan fingerprint density at radius 3 is 2.53 bits per heavy atom. The van der Waals surface area contributed by atoms with Crippen LogP contribution in [0, 0.1) is 5.92 Å². The zero-order chi connectivity index (χ0) is 11.4. The van der Waals surface area contributed by atoms with E-state index in [1.165, 1.54) is 6.92 Å². The summed E-state index contributed by atoms with van der Waals surface area (Å²) in [4.78, 5) is 23.1. The van der Waals surface area contributed by atoms with Crippen LogP contribution in [0.5, 0.6) is 0 Å². The minimum atomic E-state index is -1.22. The lowest BCUT2D eigenvalue weighted by Crippen LogP contribution is -2.79. The smallest absolute Gasteiger partial charge is 0.339 e. The van der Waals surface area contributed by atoms with E-state index >= 15 is 0 Å². The van der Waals surface area contributed by atoms with E-state index in [1.807, 2.05) is 6.92 Å². The van der Waals surface area contributed by atoms with Crippen LogP contribution < -0.4 is 5.32 Å². The fourth-order valence-electron chi connectivity index (χ4n) is 2.84. The second kappa shape index (κ2) is 2.72. The average Bonchev–Trinajstić information content (AvgIpc) is 2.35.